The Morgan fingerprint density at radius 2 is 2.00 bits per heavy atom. The number of nitrogens with zero attached hydrogens (tertiary/aromatic N) is 2. The zero-order chi connectivity index (χ0) is 17.1. The summed E-state index contributed by atoms with van der Waals surface area (Å²) in [5.74, 6) is 0. The Hall–Kier alpha value is -2.12. The maximum atomic E-state index is 12.0. The van der Waals surface area contributed by atoms with Crippen LogP contribution in [0.5, 0.6) is 0 Å². The summed E-state index contributed by atoms with van der Waals surface area (Å²) >= 11 is 3.23. The van der Waals surface area contributed by atoms with E-state index in [9.17, 15) is 4.79 Å². The molecule has 4 rings (SSSR count). The molecule has 0 unspecified atom stereocenters. The first-order valence-electron chi connectivity index (χ1n) is 8.50. The molecule has 25 heavy (non-hydrogen) atoms. The SMILES string of the molecule is O=C(NCc1cc(-c2cccs2)n(C2CCCC2)n1)Nc1cccs1. The number of hydrogen-bond acceptors (Lipinski definition) is 4. The number of carbonyl (C=O) groups is 1. The van der Waals surface area contributed by atoms with Crippen LogP contribution in [0.25, 0.3) is 10.6 Å². The summed E-state index contributed by atoms with van der Waals surface area (Å²) in [6.07, 6.45) is 4.91. The molecule has 1 saturated carbocycles. The Bertz CT molecular complexity index is 818. The van der Waals surface area contributed by atoms with Crippen LogP contribution in [0.2, 0.25) is 0 Å². The van der Waals surface area contributed by atoms with Crippen LogP contribution in [-0.4, -0.2) is 15.8 Å². The van der Waals surface area contributed by atoms with E-state index < -0.39 is 0 Å². The fourth-order valence-electron chi connectivity index (χ4n) is 3.24. The van der Waals surface area contributed by atoms with E-state index >= 15 is 0 Å². The number of nitrogens with one attached hydrogen (secondary N) is 2. The number of anilines is 1. The molecule has 2 amide bonds. The van der Waals surface area contributed by atoms with Crippen molar-refractivity contribution in [2.24, 2.45) is 0 Å². The maximum absolute atomic E-state index is 12.0. The minimum atomic E-state index is -0.199. The van der Waals surface area contributed by atoms with E-state index in [0.29, 0.717) is 12.6 Å². The van der Waals surface area contributed by atoms with Gasteiger partial charge in [0.2, 0.25) is 0 Å². The van der Waals surface area contributed by atoms with E-state index in [1.54, 1.807) is 11.3 Å². The Balaban J connectivity index is 1.48. The minimum absolute atomic E-state index is 0.199. The molecule has 0 spiro atoms. The molecule has 3 heterocycles. The molecule has 1 aliphatic rings. The Morgan fingerprint density at radius 3 is 2.72 bits per heavy atom. The van der Waals surface area contributed by atoms with Gasteiger partial charge in [0.1, 0.15) is 0 Å². The van der Waals surface area contributed by atoms with Gasteiger partial charge in [-0.25, -0.2) is 4.79 Å². The summed E-state index contributed by atoms with van der Waals surface area (Å²) in [6, 6.07) is 10.4. The van der Waals surface area contributed by atoms with Crippen LogP contribution in [0.3, 0.4) is 0 Å². The van der Waals surface area contributed by atoms with Crippen LogP contribution in [0.4, 0.5) is 9.80 Å². The quantitative estimate of drug-likeness (QED) is 0.654. The van der Waals surface area contributed by atoms with Crippen LogP contribution < -0.4 is 10.6 Å². The molecule has 0 bridgehead atoms. The molecule has 5 nitrogen and oxygen atoms in total. The van der Waals surface area contributed by atoms with Crippen molar-refractivity contribution in [1.29, 1.82) is 0 Å². The van der Waals surface area contributed by atoms with E-state index in [4.69, 9.17) is 5.10 Å². The smallest absolute Gasteiger partial charge is 0.320 e. The summed E-state index contributed by atoms with van der Waals surface area (Å²) in [4.78, 5) is 13.2. The lowest BCUT2D eigenvalue weighted by Crippen LogP contribution is -2.28. The zero-order valence-electron chi connectivity index (χ0n) is 13.8. The molecule has 1 aliphatic carbocycles. The van der Waals surface area contributed by atoms with Gasteiger partial charge in [-0.2, -0.15) is 5.10 Å². The van der Waals surface area contributed by atoms with Crippen molar-refractivity contribution in [1.82, 2.24) is 15.1 Å². The molecule has 0 saturated heterocycles. The molecule has 0 aromatic carbocycles. The summed E-state index contributed by atoms with van der Waals surface area (Å²) in [7, 11) is 0. The van der Waals surface area contributed by atoms with Crippen molar-refractivity contribution in [3.8, 4) is 10.6 Å². The first-order chi connectivity index (χ1) is 12.3. The second-order valence-electron chi connectivity index (χ2n) is 6.17. The molecular formula is C18H20N4OS2. The highest BCUT2D eigenvalue weighted by Crippen LogP contribution is 2.35. The number of amides is 2. The first kappa shape index (κ1) is 16.4. The van der Waals surface area contributed by atoms with Crippen LogP contribution in [0, 0.1) is 0 Å². The second kappa shape index (κ2) is 7.41. The fraction of sp³-hybridized carbons (Fsp3) is 0.333. The summed E-state index contributed by atoms with van der Waals surface area (Å²) in [5, 5.41) is 15.4. The third-order valence-corrected chi connectivity index (χ3v) is 6.10. The number of thiophene rings is 2. The molecule has 3 aromatic heterocycles. The third kappa shape index (κ3) is 3.77. The van der Waals surface area contributed by atoms with E-state index in [1.807, 2.05) is 17.5 Å². The largest absolute Gasteiger partial charge is 0.332 e. The minimum Gasteiger partial charge on any atom is -0.332 e. The van der Waals surface area contributed by atoms with Crippen molar-refractivity contribution < 1.29 is 4.79 Å². The first-order valence-corrected chi connectivity index (χ1v) is 10.3. The monoisotopic (exact) mass is 372 g/mol. The molecule has 0 aliphatic heterocycles. The van der Waals surface area contributed by atoms with Gasteiger partial charge in [-0.1, -0.05) is 18.9 Å². The van der Waals surface area contributed by atoms with Crippen molar-refractivity contribution >= 4 is 33.7 Å². The van der Waals surface area contributed by atoms with Gasteiger partial charge < -0.3 is 5.32 Å². The van der Waals surface area contributed by atoms with Gasteiger partial charge in [0.05, 0.1) is 33.9 Å². The van der Waals surface area contributed by atoms with Gasteiger partial charge in [0.25, 0.3) is 0 Å². The number of hydrogen-bond donors (Lipinski definition) is 2. The lowest BCUT2D eigenvalue weighted by atomic mass is 10.2. The third-order valence-electron chi connectivity index (χ3n) is 4.42. The number of carbonyl (C=O) groups excluding carboxylic acids is 1. The van der Waals surface area contributed by atoms with Gasteiger partial charge in [-0.15, -0.1) is 22.7 Å². The van der Waals surface area contributed by atoms with Crippen molar-refractivity contribution in [3.63, 3.8) is 0 Å². The number of urea groups is 1. The van der Waals surface area contributed by atoms with Crippen molar-refractivity contribution in [3.05, 3.63) is 46.8 Å². The molecule has 0 atom stereocenters. The van der Waals surface area contributed by atoms with E-state index in [2.05, 4.69) is 38.9 Å². The van der Waals surface area contributed by atoms with Crippen molar-refractivity contribution in [2.75, 3.05) is 5.32 Å². The lowest BCUT2D eigenvalue weighted by molar-refractivity contribution is 0.251. The predicted molar refractivity (Wildman–Crippen MR) is 103 cm³/mol. The van der Waals surface area contributed by atoms with E-state index in [0.717, 1.165) is 16.4 Å². The van der Waals surface area contributed by atoms with Gasteiger partial charge in [0, 0.05) is 0 Å². The Morgan fingerprint density at radius 1 is 1.20 bits per heavy atom. The van der Waals surface area contributed by atoms with Crippen LogP contribution in [0.1, 0.15) is 37.4 Å². The zero-order valence-corrected chi connectivity index (χ0v) is 15.4. The maximum Gasteiger partial charge on any atom is 0.320 e. The highest BCUT2D eigenvalue weighted by atomic mass is 32.1. The van der Waals surface area contributed by atoms with E-state index in [-0.39, 0.29) is 6.03 Å². The Kier molecular flexibility index (Phi) is 4.85. The number of rotatable bonds is 5. The standard InChI is InChI=1S/C18H20N4OS2/c23-18(20-17-8-4-10-25-17)19-12-13-11-15(16-7-3-9-24-16)22(21-13)14-5-1-2-6-14/h3-4,7-11,14H,1-2,5-6,12H2,(H2,19,20,23). The topological polar surface area (TPSA) is 59.0 Å². The molecule has 130 valence electrons. The van der Waals surface area contributed by atoms with Gasteiger partial charge in [-0.05, 0) is 47.9 Å². The summed E-state index contributed by atoms with van der Waals surface area (Å²) in [5.41, 5.74) is 2.06. The highest BCUT2D eigenvalue weighted by molar-refractivity contribution is 7.14. The van der Waals surface area contributed by atoms with Crippen LogP contribution in [-0.2, 0) is 6.54 Å². The van der Waals surface area contributed by atoms with Gasteiger partial charge in [-0.3, -0.25) is 10.00 Å². The molecule has 3 aromatic rings. The second-order valence-corrected chi connectivity index (χ2v) is 8.06. The lowest BCUT2D eigenvalue weighted by Gasteiger charge is -2.13. The van der Waals surface area contributed by atoms with Gasteiger partial charge in [0.15, 0.2) is 0 Å². The van der Waals surface area contributed by atoms with Crippen molar-refractivity contribution in [2.45, 2.75) is 38.3 Å². The average Bonchev–Trinajstić information content (AvgIpc) is 3.40. The summed E-state index contributed by atoms with van der Waals surface area (Å²) in [6.45, 7) is 0.426. The summed E-state index contributed by atoms with van der Waals surface area (Å²) < 4.78 is 2.17. The molecule has 7 heteroatoms. The van der Waals surface area contributed by atoms with Gasteiger partial charge >= 0.3 is 6.03 Å². The van der Waals surface area contributed by atoms with Crippen LogP contribution >= 0.6 is 22.7 Å². The van der Waals surface area contributed by atoms with E-state index in [1.165, 1.54) is 41.9 Å². The number of aromatic nitrogens is 2. The fourth-order valence-corrected chi connectivity index (χ4v) is 4.59. The highest BCUT2D eigenvalue weighted by Gasteiger charge is 2.22. The molecule has 0 radical (unpaired) electrons. The Labute approximate surface area is 154 Å². The molecule has 1 fully saturated rings. The molecule has 2 N–H and O–H groups in total. The predicted octanol–water partition coefficient (Wildman–Crippen LogP) is 5.11. The van der Waals surface area contributed by atoms with Crippen LogP contribution in [0.15, 0.2) is 41.1 Å². The normalized spacial score (nSPS) is 14.7. The molecular weight excluding hydrogens is 352 g/mol. The average molecular weight is 373 g/mol.